The van der Waals surface area contributed by atoms with E-state index in [1.165, 1.54) is 16.4 Å². The predicted molar refractivity (Wildman–Crippen MR) is 120 cm³/mol. The molecule has 0 spiro atoms. The van der Waals surface area contributed by atoms with Gasteiger partial charge in [0.05, 0.1) is 10.6 Å². The van der Waals surface area contributed by atoms with E-state index in [1.54, 1.807) is 30.3 Å². The zero-order valence-corrected chi connectivity index (χ0v) is 19.0. The second-order valence-electron chi connectivity index (χ2n) is 7.42. The summed E-state index contributed by atoms with van der Waals surface area (Å²) in [6, 6.07) is 11.6. The van der Waals surface area contributed by atoms with Crippen LogP contribution in [0.2, 0.25) is 0 Å². The average molecular weight is 489 g/mol. The number of rotatable bonds is 7. The van der Waals surface area contributed by atoms with Crippen LogP contribution in [-0.2, 0) is 14.8 Å². The van der Waals surface area contributed by atoms with Crippen LogP contribution in [0.1, 0.15) is 12.8 Å². The highest BCUT2D eigenvalue weighted by molar-refractivity contribution is 7.99. The largest absolute Gasteiger partial charge is 0.454 e. The first-order chi connectivity index (χ1) is 16.0. The van der Waals surface area contributed by atoms with E-state index in [0.29, 0.717) is 41.7 Å². The number of sulfonamides is 1. The lowest BCUT2D eigenvalue weighted by atomic mass is 10.2. The molecule has 0 bridgehead atoms. The fraction of sp³-hybridized carbons (Fsp3) is 0.286. The van der Waals surface area contributed by atoms with E-state index >= 15 is 0 Å². The number of hydrogen-bond acceptors (Lipinski definition) is 9. The summed E-state index contributed by atoms with van der Waals surface area (Å²) in [5.41, 5.74) is 1.09. The number of anilines is 1. The zero-order valence-electron chi connectivity index (χ0n) is 17.4. The number of carbonyl (C=O) groups excluding carboxylic acids is 1. The van der Waals surface area contributed by atoms with Crippen molar-refractivity contribution in [3.8, 4) is 23.0 Å². The maximum Gasteiger partial charge on any atom is 0.277 e. The lowest BCUT2D eigenvalue weighted by molar-refractivity contribution is -0.113. The summed E-state index contributed by atoms with van der Waals surface area (Å²) < 4.78 is 43.2. The molecule has 2 aliphatic rings. The Morgan fingerprint density at radius 2 is 1.88 bits per heavy atom. The molecule has 172 valence electrons. The molecule has 0 aliphatic carbocycles. The van der Waals surface area contributed by atoms with Crippen LogP contribution in [0.15, 0.2) is 57.0 Å². The first-order valence-corrected chi connectivity index (χ1v) is 12.7. The topological polar surface area (TPSA) is 124 Å². The molecule has 33 heavy (non-hydrogen) atoms. The van der Waals surface area contributed by atoms with Crippen LogP contribution < -0.4 is 14.8 Å². The van der Waals surface area contributed by atoms with E-state index in [2.05, 4.69) is 15.5 Å². The summed E-state index contributed by atoms with van der Waals surface area (Å²) in [4.78, 5) is 12.6. The molecule has 1 amide bonds. The number of hydrogen-bond donors (Lipinski definition) is 1. The minimum absolute atomic E-state index is 0.0197. The zero-order chi connectivity index (χ0) is 22.8. The van der Waals surface area contributed by atoms with E-state index < -0.39 is 10.0 Å². The van der Waals surface area contributed by atoms with Gasteiger partial charge in [0, 0.05) is 24.3 Å². The monoisotopic (exact) mass is 488 g/mol. The lowest BCUT2D eigenvalue weighted by Gasteiger charge is -2.16. The molecule has 3 heterocycles. The number of nitrogens with zero attached hydrogens (tertiary/aromatic N) is 3. The standard InChI is InChI=1S/C21H20N4O6S2/c26-19(22-15-4-3-5-16(11-15)33(27,28)25-8-1-2-9-25)12-32-21-24-23-20(31-21)14-6-7-17-18(10-14)30-13-29-17/h3-7,10-11H,1-2,8-9,12-13H2,(H,22,26). The Balaban J connectivity index is 1.19. The molecule has 1 N–H and O–H groups in total. The molecule has 1 saturated heterocycles. The van der Waals surface area contributed by atoms with Crippen molar-refractivity contribution in [1.82, 2.24) is 14.5 Å². The Labute approximate surface area is 194 Å². The number of thioether (sulfide) groups is 1. The van der Waals surface area contributed by atoms with Gasteiger partial charge in [0.25, 0.3) is 5.22 Å². The molecule has 1 fully saturated rings. The van der Waals surface area contributed by atoms with Gasteiger partial charge in [-0.2, -0.15) is 4.31 Å². The molecule has 12 heteroatoms. The first kappa shape index (κ1) is 21.7. The maximum absolute atomic E-state index is 12.7. The number of amides is 1. The van der Waals surface area contributed by atoms with Crippen LogP contribution in [-0.4, -0.2) is 54.5 Å². The van der Waals surface area contributed by atoms with E-state index in [-0.39, 0.29) is 28.6 Å². The maximum atomic E-state index is 12.7. The molecule has 2 aromatic carbocycles. The summed E-state index contributed by atoms with van der Waals surface area (Å²) >= 11 is 1.08. The third-order valence-electron chi connectivity index (χ3n) is 5.17. The molecular formula is C21H20N4O6S2. The van der Waals surface area contributed by atoms with Crippen molar-refractivity contribution in [1.29, 1.82) is 0 Å². The molecule has 0 saturated carbocycles. The van der Waals surface area contributed by atoms with Crippen LogP contribution in [0, 0.1) is 0 Å². The van der Waals surface area contributed by atoms with Crippen molar-refractivity contribution in [3.05, 3.63) is 42.5 Å². The van der Waals surface area contributed by atoms with Crippen molar-refractivity contribution in [2.45, 2.75) is 23.0 Å². The number of aromatic nitrogens is 2. The van der Waals surface area contributed by atoms with Gasteiger partial charge in [0.2, 0.25) is 28.6 Å². The minimum atomic E-state index is -3.55. The van der Waals surface area contributed by atoms with Gasteiger partial charge >= 0.3 is 0 Å². The fourth-order valence-electron chi connectivity index (χ4n) is 3.55. The quantitative estimate of drug-likeness (QED) is 0.500. The number of fused-ring (bicyclic) bond motifs is 1. The van der Waals surface area contributed by atoms with Gasteiger partial charge in [-0.05, 0) is 49.2 Å². The van der Waals surface area contributed by atoms with Crippen molar-refractivity contribution in [3.63, 3.8) is 0 Å². The smallest absolute Gasteiger partial charge is 0.277 e. The van der Waals surface area contributed by atoms with Crippen LogP contribution in [0.4, 0.5) is 5.69 Å². The van der Waals surface area contributed by atoms with E-state index in [4.69, 9.17) is 13.9 Å². The normalized spacial score (nSPS) is 15.6. The average Bonchev–Trinajstić information content (AvgIpc) is 3.59. The summed E-state index contributed by atoms with van der Waals surface area (Å²) in [5.74, 6) is 1.26. The molecule has 2 aliphatic heterocycles. The highest BCUT2D eigenvalue weighted by Crippen LogP contribution is 2.36. The Morgan fingerprint density at radius 1 is 1.06 bits per heavy atom. The van der Waals surface area contributed by atoms with Gasteiger partial charge in [0.15, 0.2) is 11.5 Å². The number of ether oxygens (including phenoxy) is 2. The highest BCUT2D eigenvalue weighted by atomic mass is 32.2. The molecule has 0 atom stereocenters. The van der Waals surface area contributed by atoms with Crippen LogP contribution >= 0.6 is 11.8 Å². The predicted octanol–water partition coefficient (Wildman–Crippen LogP) is 2.98. The summed E-state index contributed by atoms with van der Waals surface area (Å²) in [5, 5.41) is 10.9. The van der Waals surface area contributed by atoms with Gasteiger partial charge in [-0.15, -0.1) is 10.2 Å². The Kier molecular flexibility index (Phi) is 5.96. The molecule has 1 aromatic heterocycles. The molecule has 3 aromatic rings. The molecule has 0 radical (unpaired) electrons. The lowest BCUT2D eigenvalue weighted by Crippen LogP contribution is -2.28. The van der Waals surface area contributed by atoms with E-state index in [9.17, 15) is 13.2 Å². The van der Waals surface area contributed by atoms with Gasteiger partial charge in [0.1, 0.15) is 0 Å². The number of nitrogens with one attached hydrogen (secondary N) is 1. The van der Waals surface area contributed by atoms with Crippen molar-refractivity contribution < 1.29 is 27.1 Å². The summed E-state index contributed by atoms with van der Waals surface area (Å²) in [6.07, 6.45) is 1.72. The second-order valence-corrected chi connectivity index (χ2v) is 10.3. The molecular weight excluding hydrogens is 468 g/mol. The van der Waals surface area contributed by atoms with Crippen LogP contribution in [0.25, 0.3) is 11.5 Å². The van der Waals surface area contributed by atoms with Crippen molar-refractivity contribution in [2.24, 2.45) is 0 Å². The first-order valence-electron chi connectivity index (χ1n) is 10.3. The van der Waals surface area contributed by atoms with Gasteiger partial charge in [-0.1, -0.05) is 17.8 Å². The number of benzene rings is 2. The number of carbonyl (C=O) groups is 1. The van der Waals surface area contributed by atoms with Crippen molar-refractivity contribution in [2.75, 3.05) is 31.0 Å². The minimum Gasteiger partial charge on any atom is -0.454 e. The summed E-state index contributed by atoms with van der Waals surface area (Å²) in [6.45, 7) is 1.22. The van der Waals surface area contributed by atoms with E-state index in [0.717, 1.165) is 24.6 Å². The third kappa shape index (κ3) is 4.68. The van der Waals surface area contributed by atoms with E-state index in [1.807, 2.05) is 0 Å². The Bertz CT molecular complexity index is 1290. The molecule has 5 rings (SSSR count). The fourth-order valence-corrected chi connectivity index (χ4v) is 5.68. The third-order valence-corrected chi connectivity index (χ3v) is 7.89. The van der Waals surface area contributed by atoms with Gasteiger partial charge < -0.3 is 19.2 Å². The van der Waals surface area contributed by atoms with Crippen LogP contribution in [0.3, 0.4) is 0 Å². The Morgan fingerprint density at radius 3 is 2.73 bits per heavy atom. The van der Waals surface area contributed by atoms with Crippen LogP contribution in [0.5, 0.6) is 11.5 Å². The molecule has 0 unspecified atom stereocenters. The SMILES string of the molecule is O=C(CSc1nnc(-c2ccc3c(c2)OCO3)o1)Nc1cccc(S(=O)(=O)N2CCCC2)c1. The highest BCUT2D eigenvalue weighted by Gasteiger charge is 2.27. The van der Waals surface area contributed by atoms with Gasteiger partial charge in [-0.25, -0.2) is 8.42 Å². The summed E-state index contributed by atoms with van der Waals surface area (Å²) in [7, 11) is -3.55. The van der Waals surface area contributed by atoms with Crippen molar-refractivity contribution >= 4 is 33.4 Å². The van der Waals surface area contributed by atoms with Gasteiger partial charge in [-0.3, -0.25) is 4.79 Å². The second kappa shape index (κ2) is 9.04. The molecule has 10 nitrogen and oxygen atoms in total. The Hall–Kier alpha value is -3.09.